The molecule has 0 saturated carbocycles. The minimum absolute atomic E-state index is 0.883. The zero-order valence-electron chi connectivity index (χ0n) is 4.89. The van der Waals surface area contributed by atoms with Crippen LogP contribution in [0.15, 0.2) is 0 Å². The Kier molecular flexibility index (Phi) is 2.92. The summed E-state index contributed by atoms with van der Waals surface area (Å²) in [5.41, 5.74) is 4.78. The topological polar surface area (TPSA) is 118 Å². The molecule has 60 valence electrons. The molecule has 0 aromatic heterocycles. The van der Waals surface area contributed by atoms with Gasteiger partial charge in [-0.15, -0.1) is 0 Å². The van der Waals surface area contributed by atoms with Crippen molar-refractivity contribution in [3.63, 3.8) is 0 Å². The summed E-state index contributed by atoms with van der Waals surface area (Å²) < 4.78 is 28.2. The van der Waals surface area contributed by atoms with Crippen LogP contribution in [0, 0.1) is 0 Å². The molecule has 10 heavy (non-hydrogen) atoms. The molecule has 0 aromatic carbocycles. The van der Waals surface area contributed by atoms with Crippen LogP contribution in [-0.4, -0.2) is 34.3 Å². The van der Waals surface area contributed by atoms with Crippen LogP contribution < -0.4 is 5.73 Å². The quantitative estimate of drug-likeness (QED) is 0.478. The number of hydrogen-bond acceptors (Lipinski definition) is 4. The van der Waals surface area contributed by atoms with Gasteiger partial charge in [0.1, 0.15) is 0 Å². The number of carboxylic acids is 1. The van der Waals surface area contributed by atoms with Crippen LogP contribution >= 0.6 is 0 Å². The molecule has 0 amide bonds. The molecule has 4 N–H and O–H groups in total. The Morgan fingerprint density at radius 1 is 1.60 bits per heavy atom. The Labute approximate surface area is 58.6 Å². The van der Waals surface area contributed by atoms with Gasteiger partial charge in [-0.2, -0.15) is 0 Å². The van der Waals surface area contributed by atoms with Crippen LogP contribution in [0.2, 0.25) is 5.32 Å². The Balaban J connectivity index is 4.06. The van der Waals surface area contributed by atoms with Crippen LogP contribution in [0.25, 0.3) is 0 Å². The van der Waals surface area contributed by atoms with Gasteiger partial charge in [0, 0.05) is 0 Å². The van der Waals surface area contributed by atoms with Gasteiger partial charge in [0.2, 0.25) is 0 Å². The van der Waals surface area contributed by atoms with E-state index in [1.54, 1.807) is 0 Å². The molecule has 0 aliphatic heterocycles. The molecule has 0 rings (SSSR count). The number of rotatable bonds is 3. The fraction of sp³-hybridized carbons (Fsp3) is 0.667. The number of carbonyl (C=O) groups is 1. The molecule has 0 saturated heterocycles. The SMILES string of the molecule is NC(C[Se](=O)(=O)O)C(=O)O. The molecule has 0 aliphatic carbocycles. The summed E-state index contributed by atoms with van der Waals surface area (Å²) in [6.07, 6.45) is 0. The van der Waals surface area contributed by atoms with Crippen LogP contribution in [0.5, 0.6) is 0 Å². The van der Waals surface area contributed by atoms with Crippen molar-refractivity contribution in [3.8, 4) is 0 Å². The van der Waals surface area contributed by atoms with E-state index in [-0.39, 0.29) is 0 Å². The summed E-state index contributed by atoms with van der Waals surface area (Å²) in [6.45, 7) is 0. The monoisotopic (exact) mass is 217 g/mol. The summed E-state index contributed by atoms with van der Waals surface area (Å²) in [5.74, 6) is -1.44. The average Bonchev–Trinajstić information content (AvgIpc) is 1.60. The van der Waals surface area contributed by atoms with E-state index in [0.717, 1.165) is 0 Å². The molecule has 0 spiro atoms. The second kappa shape index (κ2) is 3.07. The normalized spacial score (nSPS) is 14.6. The molecule has 6 nitrogen and oxygen atoms in total. The second-order valence-corrected chi connectivity index (χ2v) is 4.83. The molecule has 1 atom stereocenters. The van der Waals surface area contributed by atoms with Crippen molar-refractivity contribution in [2.75, 3.05) is 0 Å². The summed E-state index contributed by atoms with van der Waals surface area (Å²) >= 11 is -4.95. The molecule has 7 heteroatoms. The standard InChI is InChI=1S/C3H7NO5Se/c4-2(3(5)6)1-10(7,8)9/h2H,1,4H2,(H,5,6)(H,7,8,9). The first-order valence-electron chi connectivity index (χ1n) is 2.26. The molecular weight excluding hydrogens is 209 g/mol. The Morgan fingerprint density at radius 2 is 2.00 bits per heavy atom. The Hall–Kier alpha value is -0.491. The molecule has 0 bridgehead atoms. The van der Waals surface area contributed by atoms with Gasteiger partial charge in [0.25, 0.3) is 0 Å². The van der Waals surface area contributed by atoms with E-state index in [0.29, 0.717) is 0 Å². The predicted octanol–water partition coefficient (Wildman–Crippen LogP) is -1.81. The van der Waals surface area contributed by atoms with E-state index >= 15 is 0 Å². The number of carboxylic acid groups (broad SMARTS) is 1. The molecule has 0 fully saturated rings. The fourth-order valence-corrected chi connectivity index (χ4v) is 1.55. The van der Waals surface area contributed by atoms with Crippen molar-refractivity contribution < 1.29 is 21.8 Å². The number of hydrogen-bond donors (Lipinski definition) is 3. The van der Waals surface area contributed by atoms with Crippen molar-refractivity contribution in [3.05, 3.63) is 0 Å². The average molecular weight is 216 g/mol. The first-order valence-corrected chi connectivity index (χ1v) is 5.64. The Morgan fingerprint density at radius 3 is 2.10 bits per heavy atom. The second-order valence-electron chi connectivity index (χ2n) is 1.69. The van der Waals surface area contributed by atoms with E-state index in [2.05, 4.69) is 0 Å². The van der Waals surface area contributed by atoms with Crippen molar-refractivity contribution in [2.45, 2.75) is 11.4 Å². The third-order valence-corrected chi connectivity index (χ3v) is 2.34. The molecule has 0 heterocycles. The first-order chi connectivity index (χ1) is 4.33. The van der Waals surface area contributed by atoms with E-state index in [1.165, 1.54) is 0 Å². The van der Waals surface area contributed by atoms with Gasteiger partial charge >= 0.3 is 57.9 Å². The van der Waals surface area contributed by atoms with Crippen molar-refractivity contribution in [1.29, 1.82) is 0 Å². The van der Waals surface area contributed by atoms with Gasteiger partial charge in [-0.25, -0.2) is 0 Å². The summed E-state index contributed by atoms with van der Waals surface area (Å²) in [4.78, 5) is 9.89. The summed E-state index contributed by atoms with van der Waals surface area (Å²) in [5, 5.41) is 7.17. The van der Waals surface area contributed by atoms with E-state index < -0.39 is 30.4 Å². The number of nitrogens with two attached hydrogens (primary N) is 1. The van der Waals surface area contributed by atoms with Gasteiger partial charge in [0.15, 0.2) is 0 Å². The fourth-order valence-electron chi connectivity index (χ4n) is 0.298. The van der Waals surface area contributed by atoms with Crippen LogP contribution in [0.4, 0.5) is 0 Å². The van der Waals surface area contributed by atoms with Gasteiger partial charge in [-0.3, -0.25) is 0 Å². The van der Waals surface area contributed by atoms with Crippen molar-refractivity contribution in [2.24, 2.45) is 5.73 Å². The Bertz CT molecular complexity index is 219. The molecular formula is C3H7NO5Se. The van der Waals surface area contributed by atoms with Crippen molar-refractivity contribution >= 4 is 19.0 Å². The maximum atomic E-state index is 10.0. The predicted molar refractivity (Wildman–Crippen MR) is 29.8 cm³/mol. The zero-order chi connectivity index (χ0) is 8.36. The summed E-state index contributed by atoms with van der Waals surface area (Å²) in [6, 6.07) is -1.53. The van der Waals surface area contributed by atoms with Gasteiger partial charge in [0.05, 0.1) is 0 Å². The van der Waals surface area contributed by atoms with Gasteiger partial charge < -0.3 is 0 Å². The van der Waals surface area contributed by atoms with E-state index in [4.69, 9.17) is 15.0 Å². The van der Waals surface area contributed by atoms with Gasteiger partial charge in [-0.05, 0) is 0 Å². The van der Waals surface area contributed by atoms with Crippen molar-refractivity contribution in [1.82, 2.24) is 0 Å². The summed E-state index contributed by atoms with van der Waals surface area (Å²) in [7, 11) is 0. The minimum atomic E-state index is -4.95. The molecule has 0 aromatic rings. The number of aliphatic carboxylic acids is 1. The van der Waals surface area contributed by atoms with Crippen LogP contribution in [0.1, 0.15) is 0 Å². The molecule has 1 unspecified atom stereocenters. The van der Waals surface area contributed by atoms with Gasteiger partial charge in [-0.1, -0.05) is 0 Å². The van der Waals surface area contributed by atoms with E-state index in [9.17, 15) is 12.5 Å². The molecule has 0 aliphatic rings. The third-order valence-electron chi connectivity index (χ3n) is 0.707. The van der Waals surface area contributed by atoms with Crippen LogP contribution in [0.3, 0.4) is 0 Å². The molecule has 0 radical (unpaired) electrons. The zero-order valence-corrected chi connectivity index (χ0v) is 6.60. The van der Waals surface area contributed by atoms with E-state index in [1.807, 2.05) is 0 Å². The first kappa shape index (κ1) is 9.51. The van der Waals surface area contributed by atoms with Crippen LogP contribution in [-0.2, 0) is 12.5 Å². The third kappa shape index (κ3) is 4.39. The maximum absolute atomic E-state index is 10.0.